The second kappa shape index (κ2) is 6.30. The number of carbonyl (C=O) groups is 1. The molecule has 1 aromatic rings. The van der Waals surface area contributed by atoms with Gasteiger partial charge in [0, 0.05) is 10.9 Å². The van der Waals surface area contributed by atoms with E-state index in [0.29, 0.717) is 4.47 Å². The van der Waals surface area contributed by atoms with Crippen LogP contribution in [0.15, 0.2) is 16.6 Å². The van der Waals surface area contributed by atoms with E-state index < -0.39 is 23.7 Å². The first-order chi connectivity index (χ1) is 9.48. The number of rotatable bonds is 6. The van der Waals surface area contributed by atoms with Gasteiger partial charge in [0.25, 0.3) is 5.92 Å². The first-order valence-corrected chi connectivity index (χ1v) is 7.22. The fraction of sp³-hybridized carbons (Fsp3) is 0.533. The van der Waals surface area contributed by atoms with Gasteiger partial charge in [0.15, 0.2) is 0 Å². The molecule has 0 aromatic heterocycles. The molecule has 0 amide bonds. The van der Waals surface area contributed by atoms with Crippen molar-refractivity contribution in [3.8, 4) is 5.75 Å². The third-order valence-corrected chi connectivity index (χ3v) is 4.06. The van der Waals surface area contributed by atoms with Crippen molar-refractivity contribution in [3.63, 3.8) is 0 Å². The van der Waals surface area contributed by atoms with Gasteiger partial charge in [-0.3, -0.25) is 4.79 Å². The number of aryl methyl sites for hydroxylation is 1. The van der Waals surface area contributed by atoms with Crippen molar-refractivity contribution < 1.29 is 23.4 Å². The van der Waals surface area contributed by atoms with Gasteiger partial charge in [0.1, 0.15) is 5.75 Å². The summed E-state index contributed by atoms with van der Waals surface area (Å²) in [6, 6.07) is 2.88. The van der Waals surface area contributed by atoms with Crippen LogP contribution in [0, 0.1) is 12.3 Å². The van der Waals surface area contributed by atoms with Gasteiger partial charge in [-0.15, -0.1) is 0 Å². The molecule has 3 nitrogen and oxygen atoms in total. The van der Waals surface area contributed by atoms with Crippen molar-refractivity contribution in [2.24, 2.45) is 5.41 Å². The number of carboxylic acids is 1. The lowest BCUT2D eigenvalue weighted by Gasteiger charge is -2.29. The van der Waals surface area contributed by atoms with Crippen molar-refractivity contribution in [3.05, 3.63) is 27.7 Å². The minimum absolute atomic E-state index is 0.104. The second-order valence-electron chi connectivity index (χ2n) is 5.92. The maximum atomic E-state index is 14.6. The van der Waals surface area contributed by atoms with E-state index in [1.54, 1.807) is 6.92 Å². The molecule has 0 saturated heterocycles. The number of hydrogen-bond donors (Lipinski definition) is 1. The second-order valence-corrected chi connectivity index (χ2v) is 6.77. The highest BCUT2D eigenvalue weighted by atomic mass is 79.9. The van der Waals surface area contributed by atoms with Crippen molar-refractivity contribution in [1.82, 2.24) is 0 Å². The molecule has 0 fully saturated rings. The van der Waals surface area contributed by atoms with E-state index in [0.717, 1.165) is 5.56 Å². The van der Waals surface area contributed by atoms with Crippen LogP contribution in [0.3, 0.4) is 0 Å². The first-order valence-electron chi connectivity index (χ1n) is 6.43. The number of ether oxygens (including phenoxy) is 1. The monoisotopic (exact) mass is 364 g/mol. The molecular weight excluding hydrogens is 346 g/mol. The topological polar surface area (TPSA) is 46.5 Å². The SMILES string of the molecule is COc1cc(C)c(Br)cc1C(F)(F)CC(C)(C)CC(=O)O. The fourth-order valence-electron chi connectivity index (χ4n) is 2.28. The molecule has 0 bridgehead atoms. The van der Waals surface area contributed by atoms with Crippen molar-refractivity contribution in [1.29, 1.82) is 0 Å². The van der Waals surface area contributed by atoms with Crippen LogP contribution in [-0.4, -0.2) is 18.2 Å². The summed E-state index contributed by atoms with van der Waals surface area (Å²) in [5, 5.41) is 8.82. The summed E-state index contributed by atoms with van der Waals surface area (Å²) in [6.07, 6.45) is -0.893. The lowest BCUT2D eigenvalue weighted by Crippen LogP contribution is -2.27. The summed E-state index contributed by atoms with van der Waals surface area (Å²) in [4.78, 5) is 10.8. The summed E-state index contributed by atoms with van der Waals surface area (Å²) in [7, 11) is 1.34. The maximum Gasteiger partial charge on any atom is 0.303 e. The number of halogens is 3. The molecule has 1 aromatic carbocycles. The normalized spacial score (nSPS) is 12.3. The van der Waals surface area contributed by atoms with E-state index in [9.17, 15) is 13.6 Å². The molecule has 0 atom stereocenters. The van der Waals surface area contributed by atoms with Crippen LogP contribution in [0.4, 0.5) is 8.78 Å². The number of alkyl halides is 2. The molecule has 0 radical (unpaired) electrons. The third-order valence-electron chi connectivity index (χ3n) is 3.21. The minimum Gasteiger partial charge on any atom is -0.496 e. The highest BCUT2D eigenvalue weighted by Gasteiger charge is 2.41. The quantitative estimate of drug-likeness (QED) is 0.792. The summed E-state index contributed by atoms with van der Waals surface area (Å²) in [5.41, 5.74) is -0.477. The maximum absolute atomic E-state index is 14.6. The Kier molecular flexibility index (Phi) is 5.36. The number of aliphatic carboxylic acids is 1. The molecular formula is C15H19BrF2O3. The van der Waals surface area contributed by atoms with Gasteiger partial charge in [-0.05, 0) is 30.0 Å². The molecule has 0 aliphatic rings. The predicted octanol–water partition coefficient (Wildman–Crippen LogP) is 4.75. The predicted molar refractivity (Wildman–Crippen MR) is 80.0 cm³/mol. The Hall–Kier alpha value is -1.17. The Morgan fingerprint density at radius 3 is 2.43 bits per heavy atom. The number of hydrogen-bond acceptors (Lipinski definition) is 2. The van der Waals surface area contributed by atoms with E-state index in [2.05, 4.69) is 15.9 Å². The van der Waals surface area contributed by atoms with Crippen LogP contribution in [-0.2, 0) is 10.7 Å². The van der Waals surface area contributed by atoms with E-state index in [-0.39, 0.29) is 17.7 Å². The van der Waals surface area contributed by atoms with Gasteiger partial charge in [-0.25, -0.2) is 8.78 Å². The van der Waals surface area contributed by atoms with Crippen molar-refractivity contribution in [2.45, 2.75) is 39.5 Å². The highest BCUT2D eigenvalue weighted by molar-refractivity contribution is 9.10. The Morgan fingerprint density at radius 1 is 1.38 bits per heavy atom. The van der Waals surface area contributed by atoms with Crippen molar-refractivity contribution in [2.75, 3.05) is 7.11 Å². The molecule has 21 heavy (non-hydrogen) atoms. The minimum atomic E-state index is -3.18. The van der Waals surface area contributed by atoms with Crippen LogP contribution < -0.4 is 4.74 Å². The Morgan fingerprint density at radius 2 is 1.95 bits per heavy atom. The smallest absolute Gasteiger partial charge is 0.303 e. The Bertz CT molecular complexity index is 542. The first kappa shape index (κ1) is 17.9. The summed E-state index contributed by atoms with van der Waals surface area (Å²) in [6.45, 7) is 4.82. The third kappa shape index (κ3) is 4.66. The zero-order valence-corrected chi connectivity index (χ0v) is 14.1. The number of methoxy groups -OCH3 is 1. The Labute approximate surface area is 131 Å². The van der Waals surface area contributed by atoms with Gasteiger partial charge in [0.2, 0.25) is 0 Å². The van der Waals surface area contributed by atoms with Crippen LogP contribution in [0.25, 0.3) is 0 Å². The van der Waals surface area contributed by atoms with Crippen LogP contribution >= 0.6 is 15.9 Å². The van der Waals surface area contributed by atoms with Gasteiger partial charge in [-0.1, -0.05) is 29.8 Å². The Balaban J connectivity index is 3.18. The van der Waals surface area contributed by atoms with Crippen LogP contribution in [0.5, 0.6) is 5.75 Å². The number of carboxylic acid groups (broad SMARTS) is 1. The zero-order chi connectivity index (χ0) is 16.4. The van der Waals surface area contributed by atoms with E-state index in [4.69, 9.17) is 9.84 Å². The lowest BCUT2D eigenvalue weighted by molar-refractivity contribution is -0.140. The molecule has 0 spiro atoms. The molecule has 1 N–H and O–H groups in total. The van der Waals surface area contributed by atoms with Gasteiger partial charge >= 0.3 is 5.97 Å². The number of benzene rings is 1. The van der Waals surface area contributed by atoms with E-state index >= 15 is 0 Å². The summed E-state index contributed by atoms with van der Waals surface area (Å²) < 4.78 is 34.7. The molecule has 0 heterocycles. The van der Waals surface area contributed by atoms with Gasteiger partial charge in [-0.2, -0.15) is 0 Å². The molecule has 1 rings (SSSR count). The molecule has 0 aliphatic carbocycles. The molecule has 0 aliphatic heterocycles. The molecule has 0 saturated carbocycles. The average molecular weight is 365 g/mol. The van der Waals surface area contributed by atoms with Crippen molar-refractivity contribution >= 4 is 21.9 Å². The fourth-order valence-corrected chi connectivity index (χ4v) is 2.62. The summed E-state index contributed by atoms with van der Waals surface area (Å²) in [5.74, 6) is -4.17. The van der Waals surface area contributed by atoms with E-state index in [1.165, 1.54) is 33.1 Å². The molecule has 118 valence electrons. The average Bonchev–Trinajstić information content (AvgIpc) is 2.28. The molecule has 0 unspecified atom stereocenters. The van der Waals surface area contributed by atoms with Crippen LogP contribution in [0.2, 0.25) is 0 Å². The molecule has 6 heteroatoms. The van der Waals surface area contributed by atoms with Crippen LogP contribution in [0.1, 0.15) is 37.8 Å². The van der Waals surface area contributed by atoms with Gasteiger partial charge in [0.05, 0.1) is 19.1 Å². The largest absolute Gasteiger partial charge is 0.496 e. The van der Waals surface area contributed by atoms with Gasteiger partial charge < -0.3 is 9.84 Å². The van der Waals surface area contributed by atoms with E-state index in [1.807, 2.05) is 0 Å². The lowest BCUT2D eigenvalue weighted by atomic mass is 9.81. The highest BCUT2D eigenvalue weighted by Crippen LogP contribution is 2.45. The zero-order valence-electron chi connectivity index (χ0n) is 12.5. The summed E-state index contributed by atoms with van der Waals surface area (Å²) >= 11 is 3.24. The standard InChI is InChI=1S/C15H19BrF2O3/c1-9-5-12(21-4)10(6-11(9)16)15(17,18)8-14(2,3)7-13(19)20/h5-6H,7-8H2,1-4H3,(H,19,20).